The van der Waals surface area contributed by atoms with Crippen LogP contribution in [0.4, 0.5) is 0 Å². The van der Waals surface area contributed by atoms with E-state index in [0.717, 1.165) is 25.9 Å². The fraction of sp³-hybridized carbons (Fsp3) is 0.923. The first kappa shape index (κ1) is 15.7. The summed E-state index contributed by atoms with van der Waals surface area (Å²) in [6.45, 7) is 6.84. The molecule has 1 amide bonds. The van der Waals surface area contributed by atoms with E-state index in [1.165, 1.54) is 6.42 Å². The fourth-order valence-corrected chi connectivity index (χ4v) is 2.75. The van der Waals surface area contributed by atoms with Gasteiger partial charge >= 0.3 is 0 Å². The van der Waals surface area contributed by atoms with Crippen LogP contribution >= 0.6 is 12.4 Å². The number of halogens is 1. The lowest BCUT2D eigenvalue weighted by Crippen LogP contribution is -2.48. The Balaban J connectivity index is 0.00000162. The Morgan fingerprint density at radius 3 is 2.50 bits per heavy atom. The highest BCUT2D eigenvalue weighted by atomic mass is 35.5. The molecule has 2 heterocycles. The van der Waals surface area contributed by atoms with Gasteiger partial charge in [-0.05, 0) is 24.7 Å². The minimum absolute atomic E-state index is 0. The van der Waals surface area contributed by atoms with Crippen molar-refractivity contribution in [2.75, 3.05) is 19.6 Å². The van der Waals surface area contributed by atoms with E-state index in [1.807, 2.05) is 4.90 Å². The van der Waals surface area contributed by atoms with Crippen molar-refractivity contribution in [1.82, 2.24) is 10.2 Å². The van der Waals surface area contributed by atoms with Crippen molar-refractivity contribution < 1.29 is 9.90 Å². The predicted octanol–water partition coefficient (Wildman–Crippen LogP) is 1.17. The maximum Gasteiger partial charge on any atom is 0.239 e. The molecule has 2 fully saturated rings. The number of β-amino-alcohol motifs (C(OH)–C–C–N with tert-alkyl or cyclic N) is 1. The van der Waals surface area contributed by atoms with Gasteiger partial charge in [0.15, 0.2) is 0 Å². The third-order valence-electron chi connectivity index (χ3n) is 4.54. The van der Waals surface area contributed by atoms with Gasteiger partial charge in [0, 0.05) is 19.6 Å². The summed E-state index contributed by atoms with van der Waals surface area (Å²) in [4.78, 5) is 14.2. The Morgan fingerprint density at radius 1 is 1.44 bits per heavy atom. The molecule has 2 atom stereocenters. The van der Waals surface area contributed by atoms with Crippen LogP contribution in [0.15, 0.2) is 0 Å². The molecule has 2 aliphatic rings. The molecule has 106 valence electrons. The molecule has 4 nitrogen and oxygen atoms in total. The Hall–Kier alpha value is -0.320. The lowest BCUT2D eigenvalue weighted by atomic mass is 9.78. The van der Waals surface area contributed by atoms with Crippen molar-refractivity contribution in [3.05, 3.63) is 0 Å². The molecule has 0 spiro atoms. The maximum absolute atomic E-state index is 12.2. The van der Waals surface area contributed by atoms with Gasteiger partial charge < -0.3 is 15.3 Å². The Bertz CT molecular complexity index is 291. The number of likely N-dealkylation sites (tertiary alicyclic amines) is 1. The highest BCUT2D eigenvalue weighted by molar-refractivity contribution is 5.85. The number of piperidine rings is 1. The van der Waals surface area contributed by atoms with E-state index in [0.29, 0.717) is 18.4 Å². The molecule has 0 radical (unpaired) electrons. The van der Waals surface area contributed by atoms with E-state index >= 15 is 0 Å². The zero-order valence-electron chi connectivity index (χ0n) is 11.3. The van der Waals surface area contributed by atoms with E-state index in [9.17, 15) is 9.90 Å². The van der Waals surface area contributed by atoms with Crippen molar-refractivity contribution in [3.8, 4) is 0 Å². The predicted molar refractivity (Wildman–Crippen MR) is 73.9 cm³/mol. The van der Waals surface area contributed by atoms with Crippen LogP contribution < -0.4 is 5.32 Å². The van der Waals surface area contributed by atoms with Gasteiger partial charge in [-0.1, -0.05) is 20.3 Å². The third kappa shape index (κ3) is 3.37. The highest BCUT2D eigenvalue weighted by Crippen LogP contribution is 2.34. The van der Waals surface area contributed by atoms with Crippen molar-refractivity contribution >= 4 is 18.3 Å². The van der Waals surface area contributed by atoms with E-state index in [-0.39, 0.29) is 30.5 Å². The molecule has 2 aliphatic heterocycles. The highest BCUT2D eigenvalue weighted by Gasteiger charge is 2.35. The lowest BCUT2D eigenvalue weighted by molar-refractivity contribution is -0.135. The number of carbonyl (C=O) groups excluding carboxylic acids is 1. The molecular weight excluding hydrogens is 252 g/mol. The number of rotatable bonds is 2. The number of aliphatic hydroxyl groups is 1. The Kier molecular flexibility index (Phi) is 5.44. The van der Waals surface area contributed by atoms with Crippen molar-refractivity contribution in [1.29, 1.82) is 0 Å². The molecule has 5 heteroatoms. The monoisotopic (exact) mass is 276 g/mol. The summed E-state index contributed by atoms with van der Waals surface area (Å²) >= 11 is 0. The zero-order valence-corrected chi connectivity index (χ0v) is 12.1. The van der Waals surface area contributed by atoms with Crippen LogP contribution in [0.25, 0.3) is 0 Å². The number of aliphatic hydroxyl groups excluding tert-OH is 1. The first-order chi connectivity index (χ1) is 8.04. The molecule has 18 heavy (non-hydrogen) atoms. The van der Waals surface area contributed by atoms with Gasteiger partial charge in [-0.15, -0.1) is 12.4 Å². The Morgan fingerprint density at radius 2 is 2.06 bits per heavy atom. The van der Waals surface area contributed by atoms with Crippen LogP contribution in [0.1, 0.15) is 39.5 Å². The first-order valence-electron chi connectivity index (χ1n) is 6.74. The van der Waals surface area contributed by atoms with Crippen LogP contribution in [-0.2, 0) is 4.79 Å². The molecule has 0 aromatic carbocycles. The van der Waals surface area contributed by atoms with Gasteiger partial charge in [0.05, 0.1) is 12.1 Å². The second kappa shape index (κ2) is 6.22. The summed E-state index contributed by atoms with van der Waals surface area (Å²) in [5.41, 5.74) is 0.416. The van der Waals surface area contributed by atoms with Crippen molar-refractivity contribution in [2.24, 2.45) is 5.41 Å². The average molecular weight is 277 g/mol. The van der Waals surface area contributed by atoms with Gasteiger partial charge in [0.25, 0.3) is 0 Å². The molecule has 0 saturated carbocycles. The molecule has 0 aromatic heterocycles. The molecule has 0 aromatic rings. The molecule has 2 rings (SSSR count). The van der Waals surface area contributed by atoms with Gasteiger partial charge in [-0.3, -0.25) is 4.79 Å². The molecule has 2 N–H and O–H groups in total. The number of carbonyl (C=O) groups is 1. The fourth-order valence-electron chi connectivity index (χ4n) is 2.75. The summed E-state index contributed by atoms with van der Waals surface area (Å²) < 4.78 is 0. The zero-order chi connectivity index (χ0) is 12.5. The minimum atomic E-state index is -0.352. The molecular formula is C13H25ClN2O2. The number of amides is 1. The number of nitrogens with zero attached hydrogens (tertiary/aromatic N) is 1. The summed E-state index contributed by atoms with van der Waals surface area (Å²) in [5.74, 6) is 0.180. The first-order valence-corrected chi connectivity index (χ1v) is 6.74. The minimum Gasteiger partial charge on any atom is -0.392 e. The summed E-state index contributed by atoms with van der Waals surface area (Å²) in [7, 11) is 0. The summed E-state index contributed by atoms with van der Waals surface area (Å²) in [6.07, 6.45) is 3.61. The van der Waals surface area contributed by atoms with Crippen molar-refractivity contribution in [2.45, 2.75) is 51.7 Å². The number of hydrogen-bond donors (Lipinski definition) is 2. The molecule has 0 aliphatic carbocycles. The third-order valence-corrected chi connectivity index (χ3v) is 4.54. The average Bonchev–Trinajstić information content (AvgIpc) is 2.76. The maximum atomic E-state index is 12.2. The summed E-state index contributed by atoms with van der Waals surface area (Å²) in [5, 5.41) is 12.5. The SMILES string of the molecule is CCC1(C)CCN(C(=O)C2CC(O)CN2)CC1.Cl. The van der Waals surface area contributed by atoms with Gasteiger partial charge in [-0.25, -0.2) is 0 Å². The number of nitrogens with one attached hydrogen (secondary N) is 1. The van der Waals surface area contributed by atoms with Crippen LogP contribution in [0.3, 0.4) is 0 Å². The van der Waals surface area contributed by atoms with E-state index < -0.39 is 0 Å². The van der Waals surface area contributed by atoms with E-state index in [4.69, 9.17) is 0 Å². The van der Waals surface area contributed by atoms with Crippen LogP contribution in [0.5, 0.6) is 0 Å². The summed E-state index contributed by atoms with van der Waals surface area (Å²) in [6, 6.07) is -0.156. The largest absolute Gasteiger partial charge is 0.392 e. The van der Waals surface area contributed by atoms with Crippen molar-refractivity contribution in [3.63, 3.8) is 0 Å². The van der Waals surface area contributed by atoms with Crippen LogP contribution in [-0.4, -0.2) is 47.7 Å². The second-order valence-electron chi connectivity index (χ2n) is 5.84. The van der Waals surface area contributed by atoms with Crippen LogP contribution in [0.2, 0.25) is 0 Å². The lowest BCUT2D eigenvalue weighted by Gasteiger charge is -2.39. The van der Waals surface area contributed by atoms with E-state index in [1.54, 1.807) is 0 Å². The van der Waals surface area contributed by atoms with Gasteiger partial charge in [-0.2, -0.15) is 0 Å². The smallest absolute Gasteiger partial charge is 0.239 e. The molecule has 0 bridgehead atoms. The topological polar surface area (TPSA) is 52.6 Å². The normalized spacial score (nSPS) is 30.9. The molecule has 2 unspecified atom stereocenters. The second-order valence-corrected chi connectivity index (χ2v) is 5.84. The molecule has 2 saturated heterocycles. The Labute approximate surface area is 116 Å². The van der Waals surface area contributed by atoms with Crippen LogP contribution in [0, 0.1) is 5.41 Å². The van der Waals surface area contributed by atoms with Gasteiger partial charge in [0.2, 0.25) is 5.91 Å². The standard InChI is InChI=1S/C13H24N2O2.ClH/c1-3-13(2)4-6-15(7-5-13)12(17)11-8-10(16)9-14-11;/h10-11,14,16H,3-9H2,1-2H3;1H. The van der Waals surface area contributed by atoms with E-state index in [2.05, 4.69) is 19.2 Å². The quantitative estimate of drug-likeness (QED) is 0.796. The van der Waals surface area contributed by atoms with Gasteiger partial charge in [0.1, 0.15) is 0 Å². The number of hydrogen-bond acceptors (Lipinski definition) is 3.